The number of phenolic OH excluding ortho intramolecular Hbond substituents is 1. The van der Waals surface area contributed by atoms with Crippen LogP contribution in [0.25, 0.3) is 22.2 Å². The number of hydrogen-bond donors (Lipinski definition) is 2. The molecular formula is C24H27N3O5. The van der Waals surface area contributed by atoms with E-state index < -0.39 is 23.3 Å². The minimum atomic E-state index is -0.689. The Kier molecular flexibility index (Phi) is 6.07. The minimum Gasteiger partial charge on any atom is -0.506 e. The molecule has 8 heteroatoms. The number of phenols is 1. The Morgan fingerprint density at radius 1 is 0.938 bits per heavy atom. The largest absolute Gasteiger partial charge is 0.506 e. The smallest absolute Gasteiger partial charge is 0.412 e. The molecule has 3 rings (SSSR count). The number of benzene rings is 2. The summed E-state index contributed by atoms with van der Waals surface area (Å²) >= 11 is 0. The maximum absolute atomic E-state index is 12.4. The van der Waals surface area contributed by atoms with E-state index in [1.54, 1.807) is 59.7 Å². The van der Waals surface area contributed by atoms with Gasteiger partial charge in [-0.1, -0.05) is 18.2 Å². The van der Waals surface area contributed by atoms with E-state index in [0.29, 0.717) is 16.8 Å². The topological polar surface area (TPSA) is 111 Å². The third-order valence-corrected chi connectivity index (χ3v) is 4.15. The average molecular weight is 437 g/mol. The molecule has 1 heterocycles. The number of ether oxygens (including phenoxy) is 2. The molecule has 168 valence electrons. The van der Waals surface area contributed by atoms with Crippen molar-refractivity contribution in [1.29, 1.82) is 0 Å². The number of amides is 1. The summed E-state index contributed by atoms with van der Waals surface area (Å²) in [6.45, 7) is 10.6. The second kappa shape index (κ2) is 8.45. The van der Waals surface area contributed by atoms with Crippen LogP contribution in [0.2, 0.25) is 0 Å². The van der Waals surface area contributed by atoms with Crippen LogP contribution in [0.4, 0.5) is 10.5 Å². The van der Waals surface area contributed by atoms with Crippen LogP contribution < -0.4 is 5.32 Å². The monoisotopic (exact) mass is 437 g/mol. The van der Waals surface area contributed by atoms with Crippen LogP contribution in [0.3, 0.4) is 0 Å². The van der Waals surface area contributed by atoms with Crippen LogP contribution in [-0.4, -0.2) is 38.3 Å². The van der Waals surface area contributed by atoms with E-state index in [4.69, 9.17) is 9.47 Å². The third kappa shape index (κ3) is 5.72. The fourth-order valence-corrected chi connectivity index (χ4v) is 2.93. The minimum absolute atomic E-state index is 0.107. The second-order valence-electron chi connectivity index (χ2n) is 9.29. The molecule has 32 heavy (non-hydrogen) atoms. The fourth-order valence-electron chi connectivity index (χ4n) is 2.93. The number of aromatic hydroxyl groups is 1. The second-order valence-corrected chi connectivity index (χ2v) is 9.29. The lowest BCUT2D eigenvalue weighted by molar-refractivity contribution is 0.00625. The molecule has 0 radical (unpaired) electrons. The summed E-state index contributed by atoms with van der Waals surface area (Å²) in [5, 5.41) is 14.3. The molecule has 3 aromatic rings. The summed E-state index contributed by atoms with van der Waals surface area (Å²) in [6, 6.07) is 10.1. The van der Waals surface area contributed by atoms with Crippen molar-refractivity contribution in [3.8, 4) is 17.1 Å². The Hall–Kier alpha value is -3.68. The number of hydrogen-bond acceptors (Lipinski definition) is 7. The molecule has 0 unspecified atom stereocenters. The highest BCUT2D eigenvalue weighted by molar-refractivity contribution is 6.04. The van der Waals surface area contributed by atoms with Gasteiger partial charge in [-0.05, 0) is 65.1 Å². The van der Waals surface area contributed by atoms with Crippen molar-refractivity contribution < 1.29 is 24.2 Å². The van der Waals surface area contributed by atoms with Gasteiger partial charge in [-0.2, -0.15) is 0 Å². The standard InChI is InChI=1S/C24H27N3O5/c1-23(2,3)31-21(29)17-11-12-25-20(26-17)15-8-7-14-9-10-18(28)19(16(14)13-15)27-22(30)32-24(4,5)6/h7-13,28H,1-6H3,(H,27,30). The number of aromatic nitrogens is 2. The van der Waals surface area contributed by atoms with E-state index in [-0.39, 0.29) is 17.1 Å². The zero-order valence-corrected chi connectivity index (χ0v) is 19.0. The predicted molar refractivity (Wildman–Crippen MR) is 122 cm³/mol. The zero-order chi connectivity index (χ0) is 23.7. The van der Waals surface area contributed by atoms with E-state index in [0.717, 1.165) is 5.39 Å². The summed E-state index contributed by atoms with van der Waals surface area (Å²) in [5.41, 5.74) is -0.397. The molecule has 1 aromatic heterocycles. The third-order valence-electron chi connectivity index (χ3n) is 4.15. The number of carbonyl (C=O) groups excluding carboxylic acids is 2. The molecule has 0 aliphatic carbocycles. The Bertz CT molecular complexity index is 1180. The summed E-state index contributed by atoms with van der Waals surface area (Å²) in [4.78, 5) is 33.3. The van der Waals surface area contributed by atoms with Gasteiger partial charge in [0.1, 0.15) is 17.0 Å². The van der Waals surface area contributed by atoms with Gasteiger partial charge in [-0.15, -0.1) is 0 Å². The van der Waals surface area contributed by atoms with Crippen molar-refractivity contribution in [2.24, 2.45) is 0 Å². The Balaban J connectivity index is 2.00. The van der Waals surface area contributed by atoms with Crippen LogP contribution in [0, 0.1) is 0 Å². The summed E-state index contributed by atoms with van der Waals surface area (Å²) in [6.07, 6.45) is 0.794. The van der Waals surface area contributed by atoms with Crippen molar-refractivity contribution >= 4 is 28.5 Å². The first-order valence-electron chi connectivity index (χ1n) is 10.1. The number of esters is 1. The van der Waals surface area contributed by atoms with Gasteiger partial charge in [0.2, 0.25) is 0 Å². The van der Waals surface area contributed by atoms with Crippen LogP contribution in [0.5, 0.6) is 5.75 Å². The van der Waals surface area contributed by atoms with E-state index >= 15 is 0 Å². The lowest BCUT2D eigenvalue weighted by Crippen LogP contribution is -2.27. The van der Waals surface area contributed by atoms with Gasteiger partial charge in [0, 0.05) is 17.1 Å². The lowest BCUT2D eigenvalue weighted by atomic mass is 10.0. The molecule has 0 spiro atoms. The number of nitrogens with one attached hydrogen (secondary N) is 1. The SMILES string of the molecule is CC(C)(C)OC(=O)Nc1c(O)ccc2ccc(-c3nccc(C(=O)OC(C)(C)C)n3)cc12. The maximum atomic E-state index is 12.4. The van der Waals surface area contributed by atoms with Gasteiger partial charge in [0.15, 0.2) is 11.5 Å². The number of anilines is 1. The summed E-state index contributed by atoms with van der Waals surface area (Å²) in [7, 11) is 0. The highest BCUT2D eigenvalue weighted by Crippen LogP contribution is 2.35. The lowest BCUT2D eigenvalue weighted by Gasteiger charge is -2.20. The Morgan fingerprint density at radius 2 is 1.59 bits per heavy atom. The first kappa shape index (κ1) is 23.0. The molecule has 0 aliphatic heterocycles. The normalized spacial score (nSPS) is 11.8. The fraction of sp³-hybridized carbons (Fsp3) is 0.333. The molecule has 0 saturated carbocycles. The van der Waals surface area contributed by atoms with Gasteiger partial charge < -0.3 is 14.6 Å². The van der Waals surface area contributed by atoms with E-state index in [9.17, 15) is 14.7 Å². The van der Waals surface area contributed by atoms with Gasteiger partial charge in [0.05, 0.1) is 5.69 Å². The van der Waals surface area contributed by atoms with Gasteiger partial charge >= 0.3 is 12.1 Å². The van der Waals surface area contributed by atoms with Crippen LogP contribution >= 0.6 is 0 Å². The molecule has 0 aliphatic rings. The van der Waals surface area contributed by atoms with Crippen molar-refractivity contribution in [3.63, 3.8) is 0 Å². The van der Waals surface area contributed by atoms with Crippen LogP contribution in [0.15, 0.2) is 42.6 Å². The molecule has 2 N–H and O–H groups in total. The molecule has 0 saturated heterocycles. The average Bonchev–Trinajstić information content (AvgIpc) is 2.67. The Morgan fingerprint density at radius 3 is 2.25 bits per heavy atom. The molecular weight excluding hydrogens is 410 g/mol. The highest BCUT2D eigenvalue weighted by atomic mass is 16.6. The van der Waals surface area contributed by atoms with Crippen molar-refractivity contribution in [2.75, 3.05) is 5.32 Å². The van der Waals surface area contributed by atoms with Crippen LogP contribution in [-0.2, 0) is 9.47 Å². The van der Waals surface area contributed by atoms with Gasteiger partial charge in [-0.3, -0.25) is 5.32 Å². The Labute approximate surface area is 186 Å². The van der Waals surface area contributed by atoms with Gasteiger partial charge in [0.25, 0.3) is 0 Å². The highest BCUT2D eigenvalue weighted by Gasteiger charge is 2.21. The van der Waals surface area contributed by atoms with Crippen molar-refractivity contribution in [2.45, 2.75) is 52.7 Å². The molecule has 1 amide bonds. The van der Waals surface area contributed by atoms with Crippen LogP contribution in [0.1, 0.15) is 52.0 Å². The molecule has 0 bridgehead atoms. The van der Waals surface area contributed by atoms with Crippen molar-refractivity contribution in [1.82, 2.24) is 9.97 Å². The molecule has 0 fully saturated rings. The number of nitrogens with zero attached hydrogens (tertiary/aromatic N) is 2. The van der Waals surface area contributed by atoms with E-state index in [1.807, 2.05) is 6.07 Å². The van der Waals surface area contributed by atoms with E-state index in [1.165, 1.54) is 18.3 Å². The quantitative estimate of drug-likeness (QED) is 0.422. The van der Waals surface area contributed by atoms with E-state index in [2.05, 4.69) is 15.3 Å². The number of rotatable bonds is 3. The molecule has 2 aromatic carbocycles. The van der Waals surface area contributed by atoms with Crippen molar-refractivity contribution in [3.05, 3.63) is 48.3 Å². The van der Waals surface area contributed by atoms with Gasteiger partial charge in [-0.25, -0.2) is 19.6 Å². The zero-order valence-electron chi connectivity index (χ0n) is 19.0. The summed E-state index contributed by atoms with van der Waals surface area (Å²) in [5.74, 6) is -0.349. The number of carbonyl (C=O) groups is 2. The molecule has 0 atom stereocenters. The number of fused-ring (bicyclic) bond motifs is 1. The first-order chi connectivity index (χ1) is 14.8. The summed E-state index contributed by atoms with van der Waals surface area (Å²) < 4.78 is 10.7. The maximum Gasteiger partial charge on any atom is 0.412 e. The first-order valence-corrected chi connectivity index (χ1v) is 10.1. The molecule has 8 nitrogen and oxygen atoms in total. The predicted octanol–water partition coefficient (Wildman–Crippen LogP) is 5.30.